The zero-order valence-corrected chi connectivity index (χ0v) is 14.3. The fourth-order valence-electron chi connectivity index (χ4n) is 2.14. The number of carbonyl (C=O) groups is 2. The summed E-state index contributed by atoms with van der Waals surface area (Å²) in [6, 6.07) is 12.2. The number of rotatable bonds is 7. The van der Waals surface area contributed by atoms with Gasteiger partial charge < -0.3 is 14.8 Å². The van der Waals surface area contributed by atoms with Crippen LogP contribution in [0.4, 0.5) is 4.39 Å². The Bertz CT molecular complexity index is 739. The highest BCUT2D eigenvalue weighted by molar-refractivity contribution is 6.30. The van der Waals surface area contributed by atoms with Gasteiger partial charge >= 0.3 is 5.97 Å². The maximum Gasteiger partial charge on any atom is 0.328 e. The maximum absolute atomic E-state index is 13.1. The summed E-state index contributed by atoms with van der Waals surface area (Å²) < 4.78 is 23.1. The average molecular weight is 366 g/mol. The van der Waals surface area contributed by atoms with Crippen LogP contribution in [0.2, 0.25) is 5.02 Å². The van der Waals surface area contributed by atoms with Gasteiger partial charge in [0.2, 0.25) is 0 Å². The SMILES string of the molecule is COC(=O)[C@H](Cc1ccccc1)NC(=O)COc1ccc(F)c(Cl)c1. The maximum atomic E-state index is 13.1. The third-order valence-corrected chi connectivity index (χ3v) is 3.65. The van der Waals surface area contributed by atoms with Crippen LogP contribution in [0.3, 0.4) is 0 Å². The molecule has 0 unspecified atom stereocenters. The standard InChI is InChI=1S/C18H17ClFNO4/c1-24-18(23)16(9-12-5-3-2-4-6-12)21-17(22)11-25-13-7-8-15(20)14(19)10-13/h2-8,10,16H,9,11H2,1H3,(H,21,22)/t16-/m0/s1. The van der Waals surface area contributed by atoms with Crippen LogP contribution in [0, 0.1) is 5.82 Å². The number of amides is 1. The second kappa shape index (κ2) is 9.03. The second-order valence-corrected chi connectivity index (χ2v) is 5.60. The molecule has 5 nitrogen and oxygen atoms in total. The number of carbonyl (C=O) groups excluding carboxylic acids is 2. The zero-order chi connectivity index (χ0) is 18.2. The second-order valence-electron chi connectivity index (χ2n) is 5.20. The van der Waals surface area contributed by atoms with Crippen molar-refractivity contribution < 1.29 is 23.5 Å². The van der Waals surface area contributed by atoms with E-state index in [1.807, 2.05) is 30.3 Å². The molecule has 0 radical (unpaired) electrons. The Hall–Kier alpha value is -2.60. The summed E-state index contributed by atoms with van der Waals surface area (Å²) in [6.45, 7) is -0.343. The monoisotopic (exact) mass is 365 g/mol. The molecule has 7 heteroatoms. The van der Waals surface area contributed by atoms with Crippen LogP contribution in [0.1, 0.15) is 5.56 Å². The molecule has 0 spiro atoms. The summed E-state index contributed by atoms with van der Waals surface area (Å²) in [5.41, 5.74) is 0.879. The molecule has 0 saturated carbocycles. The van der Waals surface area contributed by atoms with Crippen molar-refractivity contribution in [1.82, 2.24) is 5.32 Å². The molecule has 2 rings (SSSR count). The summed E-state index contributed by atoms with van der Waals surface area (Å²) >= 11 is 5.65. The molecule has 132 valence electrons. The number of benzene rings is 2. The number of halogens is 2. The molecule has 0 aromatic heterocycles. The molecule has 0 aliphatic carbocycles. The first kappa shape index (κ1) is 18.7. The van der Waals surface area contributed by atoms with Gasteiger partial charge in [-0.05, 0) is 17.7 Å². The predicted octanol–water partition coefficient (Wildman–Crippen LogP) is 2.76. The summed E-state index contributed by atoms with van der Waals surface area (Å²) in [4.78, 5) is 23.9. The molecule has 2 aromatic rings. The molecule has 1 N–H and O–H groups in total. The highest BCUT2D eigenvalue weighted by atomic mass is 35.5. The Morgan fingerprint density at radius 1 is 1.20 bits per heavy atom. The molecule has 0 fully saturated rings. The van der Waals surface area contributed by atoms with Gasteiger partial charge in [0.25, 0.3) is 5.91 Å². The Morgan fingerprint density at radius 2 is 1.92 bits per heavy atom. The zero-order valence-electron chi connectivity index (χ0n) is 13.5. The molecular formula is C18H17ClFNO4. The van der Waals surface area contributed by atoms with E-state index < -0.39 is 23.7 Å². The third kappa shape index (κ3) is 5.76. The number of esters is 1. The number of nitrogens with one attached hydrogen (secondary N) is 1. The number of hydrogen-bond acceptors (Lipinski definition) is 4. The Balaban J connectivity index is 1.94. The highest BCUT2D eigenvalue weighted by Gasteiger charge is 2.22. The molecule has 0 bridgehead atoms. The highest BCUT2D eigenvalue weighted by Crippen LogP contribution is 2.20. The fourth-order valence-corrected chi connectivity index (χ4v) is 2.31. The van der Waals surface area contributed by atoms with Gasteiger partial charge in [-0.2, -0.15) is 0 Å². The number of methoxy groups -OCH3 is 1. The van der Waals surface area contributed by atoms with Gasteiger partial charge in [0, 0.05) is 12.5 Å². The van der Waals surface area contributed by atoms with Gasteiger partial charge in [-0.3, -0.25) is 4.79 Å². The van der Waals surface area contributed by atoms with Crippen molar-refractivity contribution >= 4 is 23.5 Å². The first-order valence-corrected chi connectivity index (χ1v) is 7.86. The average Bonchev–Trinajstić information content (AvgIpc) is 2.62. The van der Waals surface area contributed by atoms with E-state index in [0.717, 1.165) is 11.6 Å². The van der Waals surface area contributed by atoms with Crippen LogP contribution in [0.5, 0.6) is 5.75 Å². The Morgan fingerprint density at radius 3 is 2.56 bits per heavy atom. The molecule has 1 atom stereocenters. The summed E-state index contributed by atoms with van der Waals surface area (Å²) in [7, 11) is 1.25. The summed E-state index contributed by atoms with van der Waals surface area (Å²) in [5.74, 6) is -1.39. The molecule has 0 aliphatic rings. The molecule has 0 aliphatic heterocycles. The largest absolute Gasteiger partial charge is 0.484 e. The minimum atomic E-state index is -0.833. The van der Waals surface area contributed by atoms with Gasteiger partial charge in [-0.1, -0.05) is 41.9 Å². The topological polar surface area (TPSA) is 64.6 Å². The van der Waals surface area contributed by atoms with E-state index in [0.29, 0.717) is 6.42 Å². The van der Waals surface area contributed by atoms with E-state index in [1.165, 1.54) is 19.2 Å². The van der Waals surface area contributed by atoms with Gasteiger partial charge in [-0.15, -0.1) is 0 Å². The van der Waals surface area contributed by atoms with E-state index >= 15 is 0 Å². The van der Waals surface area contributed by atoms with Crippen LogP contribution in [0.25, 0.3) is 0 Å². The van der Waals surface area contributed by atoms with Crippen molar-refractivity contribution in [3.05, 3.63) is 64.9 Å². The van der Waals surface area contributed by atoms with Crippen molar-refractivity contribution in [3.8, 4) is 5.75 Å². The van der Waals surface area contributed by atoms with Crippen LogP contribution >= 0.6 is 11.6 Å². The van der Waals surface area contributed by atoms with Gasteiger partial charge in [-0.25, -0.2) is 9.18 Å². The van der Waals surface area contributed by atoms with Gasteiger partial charge in [0.1, 0.15) is 17.6 Å². The lowest BCUT2D eigenvalue weighted by Gasteiger charge is -2.17. The smallest absolute Gasteiger partial charge is 0.328 e. The van der Waals surface area contributed by atoms with Gasteiger partial charge in [0.15, 0.2) is 6.61 Å². The Labute approximate surface area is 149 Å². The molecule has 0 saturated heterocycles. The lowest BCUT2D eigenvalue weighted by Crippen LogP contribution is -2.44. The minimum absolute atomic E-state index is 0.102. The van der Waals surface area contributed by atoms with Crippen molar-refractivity contribution in [2.45, 2.75) is 12.5 Å². The Kier molecular flexibility index (Phi) is 6.77. The van der Waals surface area contributed by atoms with Crippen molar-refractivity contribution in [2.24, 2.45) is 0 Å². The lowest BCUT2D eigenvalue weighted by molar-refractivity contribution is -0.145. The number of ether oxygens (including phenoxy) is 2. The molecule has 1 amide bonds. The van der Waals surface area contributed by atoms with E-state index in [4.69, 9.17) is 21.1 Å². The van der Waals surface area contributed by atoms with Crippen molar-refractivity contribution in [2.75, 3.05) is 13.7 Å². The van der Waals surface area contributed by atoms with E-state index in [9.17, 15) is 14.0 Å². The van der Waals surface area contributed by atoms with Crippen molar-refractivity contribution in [3.63, 3.8) is 0 Å². The van der Waals surface area contributed by atoms with E-state index in [1.54, 1.807) is 0 Å². The molecule has 2 aromatic carbocycles. The summed E-state index contributed by atoms with van der Waals surface area (Å²) in [6.07, 6.45) is 0.293. The summed E-state index contributed by atoms with van der Waals surface area (Å²) in [5, 5.41) is 2.46. The van der Waals surface area contributed by atoms with E-state index in [-0.39, 0.29) is 17.4 Å². The normalized spacial score (nSPS) is 11.5. The number of hydrogen-bond donors (Lipinski definition) is 1. The van der Waals surface area contributed by atoms with E-state index in [2.05, 4.69) is 5.32 Å². The minimum Gasteiger partial charge on any atom is -0.484 e. The quantitative estimate of drug-likeness (QED) is 0.766. The first-order chi connectivity index (χ1) is 12.0. The molecule has 0 heterocycles. The third-order valence-electron chi connectivity index (χ3n) is 3.36. The van der Waals surface area contributed by atoms with Crippen LogP contribution < -0.4 is 10.1 Å². The molecular weight excluding hydrogens is 349 g/mol. The van der Waals surface area contributed by atoms with Crippen LogP contribution in [-0.2, 0) is 20.7 Å². The predicted molar refractivity (Wildman–Crippen MR) is 91.0 cm³/mol. The van der Waals surface area contributed by atoms with Gasteiger partial charge in [0.05, 0.1) is 12.1 Å². The van der Waals surface area contributed by atoms with Crippen molar-refractivity contribution in [1.29, 1.82) is 0 Å². The van der Waals surface area contributed by atoms with Crippen LogP contribution in [-0.4, -0.2) is 31.6 Å². The van der Waals surface area contributed by atoms with Crippen LogP contribution in [0.15, 0.2) is 48.5 Å². The first-order valence-electron chi connectivity index (χ1n) is 7.48. The lowest BCUT2D eigenvalue weighted by atomic mass is 10.1. The molecule has 25 heavy (non-hydrogen) atoms. The fraction of sp³-hybridized carbons (Fsp3) is 0.222.